The van der Waals surface area contributed by atoms with Gasteiger partial charge in [0.15, 0.2) is 11.5 Å². The van der Waals surface area contributed by atoms with Gasteiger partial charge in [-0.15, -0.1) is 5.10 Å². The highest BCUT2D eigenvalue weighted by molar-refractivity contribution is 5.95. The van der Waals surface area contributed by atoms with Crippen molar-refractivity contribution in [1.29, 1.82) is 0 Å². The predicted molar refractivity (Wildman–Crippen MR) is 159 cm³/mol. The summed E-state index contributed by atoms with van der Waals surface area (Å²) in [6.45, 7) is 2.97. The smallest absolute Gasteiger partial charge is 0.416 e. The highest BCUT2D eigenvalue weighted by Crippen LogP contribution is 2.31. The second kappa shape index (κ2) is 12.3. The van der Waals surface area contributed by atoms with E-state index in [1.807, 2.05) is 6.08 Å². The van der Waals surface area contributed by atoms with Crippen molar-refractivity contribution in [2.24, 2.45) is 0 Å². The molecule has 1 aromatic carbocycles. The fourth-order valence-electron chi connectivity index (χ4n) is 5.38. The van der Waals surface area contributed by atoms with E-state index in [9.17, 15) is 32.7 Å². The lowest BCUT2D eigenvalue weighted by Gasteiger charge is -2.35. The number of alkyl halides is 3. The number of nitrogens with zero attached hydrogens (tertiary/aromatic N) is 7. The number of fused-ring (bicyclic) bond motifs is 1. The molecular weight excluding hydrogens is 609 g/mol. The summed E-state index contributed by atoms with van der Waals surface area (Å²) in [5, 5.41) is 17.2. The molecule has 0 saturated carbocycles. The molecule has 240 valence electrons. The van der Waals surface area contributed by atoms with E-state index in [4.69, 9.17) is 4.74 Å². The molecule has 1 fully saturated rings. The Hall–Kier alpha value is -5.25. The summed E-state index contributed by atoms with van der Waals surface area (Å²) in [4.78, 5) is 51.8. The van der Waals surface area contributed by atoms with Crippen LogP contribution in [0.15, 0.2) is 53.6 Å². The van der Waals surface area contributed by atoms with Gasteiger partial charge in [-0.05, 0) is 54.8 Å². The minimum absolute atomic E-state index is 0.0633. The molecule has 6 rings (SSSR count). The molecule has 16 heteroatoms. The zero-order chi connectivity index (χ0) is 32.6. The van der Waals surface area contributed by atoms with E-state index in [1.165, 1.54) is 47.0 Å². The van der Waals surface area contributed by atoms with Gasteiger partial charge in [-0.1, -0.05) is 6.08 Å². The van der Waals surface area contributed by atoms with Crippen LogP contribution < -0.4 is 15.8 Å². The van der Waals surface area contributed by atoms with Crippen LogP contribution in [0.3, 0.4) is 0 Å². The number of benzene rings is 1. The van der Waals surface area contributed by atoms with Crippen molar-refractivity contribution in [3.05, 3.63) is 81.8 Å². The first-order valence-corrected chi connectivity index (χ1v) is 14.4. The number of piperazine rings is 1. The Bertz CT molecular complexity index is 1910. The molecule has 0 radical (unpaired) electrons. The molecule has 0 atom stereocenters. The summed E-state index contributed by atoms with van der Waals surface area (Å²) in [6.07, 6.45) is 0.751. The number of carbonyl (C=O) groups excluding carboxylic acids is 2. The Balaban J connectivity index is 1.29. The number of rotatable bonds is 6. The molecule has 2 aliphatic heterocycles. The average molecular weight is 639 g/mol. The van der Waals surface area contributed by atoms with Gasteiger partial charge in [0.25, 0.3) is 11.5 Å². The lowest BCUT2D eigenvalue weighted by Crippen LogP contribution is -2.50. The van der Waals surface area contributed by atoms with Crippen LogP contribution in [0.1, 0.15) is 33.9 Å². The van der Waals surface area contributed by atoms with E-state index < -0.39 is 29.1 Å². The number of carbonyl (C=O) groups is 2. The number of hydrogen-bond acceptors (Lipinski definition) is 9. The fourth-order valence-corrected chi connectivity index (χ4v) is 5.38. The second-order valence-electron chi connectivity index (χ2n) is 10.9. The zero-order valence-corrected chi connectivity index (χ0v) is 24.6. The SMILES string of the molecule is Cc1cc(C(F)(F)F)ccc1NC(=O)Cn1cc(N2CCN(C(=O)c3ncccc3O)CC2)c(=O)n2nc(C3=CCOCC3)nc12. The van der Waals surface area contributed by atoms with Crippen LogP contribution >= 0.6 is 0 Å². The Morgan fingerprint density at radius 1 is 1.13 bits per heavy atom. The quantitative estimate of drug-likeness (QED) is 0.325. The van der Waals surface area contributed by atoms with Crippen LogP contribution in [0.25, 0.3) is 11.4 Å². The molecule has 3 aromatic heterocycles. The summed E-state index contributed by atoms with van der Waals surface area (Å²) >= 11 is 0. The lowest BCUT2D eigenvalue weighted by molar-refractivity contribution is -0.137. The maximum Gasteiger partial charge on any atom is 0.416 e. The van der Waals surface area contributed by atoms with E-state index in [1.54, 1.807) is 4.90 Å². The van der Waals surface area contributed by atoms with E-state index in [-0.39, 0.29) is 66.9 Å². The number of anilines is 2. The molecule has 2 aliphatic rings. The molecule has 4 aromatic rings. The van der Waals surface area contributed by atoms with Gasteiger partial charge >= 0.3 is 6.18 Å². The summed E-state index contributed by atoms with van der Waals surface area (Å²) < 4.78 is 47.4. The summed E-state index contributed by atoms with van der Waals surface area (Å²) in [5.41, 5.74) is 0.0895. The number of aromatic hydroxyl groups is 1. The fraction of sp³-hybridized carbons (Fsp3) is 0.333. The minimum Gasteiger partial charge on any atom is -0.505 e. The predicted octanol–water partition coefficient (Wildman–Crippen LogP) is 2.72. The monoisotopic (exact) mass is 638 g/mol. The molecule has 0 spiro atoms. The minimum atomic E-state index is -4.52. The number of halogens is 3. The standard InChI is InChI=1S/C30H29F3N8O5/c1-18-15-20(30(31,32)33)4-5-21(18)35-24(43)17-40-16-22(27(44)41-29(40)36-26(37-41)19-6-13-46-14-7-19)38-9-11-39(12-10-38)28(45)25-23(42)3-2-8-34-25/h2-6,8,15-16,42H,7,9-14,17H2,1H3,(H,35,43). The number of aryl methyl sites for hydroxylation is 1. The van der Waals surface area contributed by atoms with Crippen LogP contribution in [-0.2, 0) is 22.3 Å². The van der Waals surface area contributed by atoms with Crippen molar-refractivity contribution in [3.63, 3.8) is 0 Å². The van der Waals surface area contributed by atoms with Crippen molar-refractivity contribution >= 4 is 34.5 Å². The van der Waals surface area contributed by atoms with Crippen molar-refractivity contribution in [2.45, 2.75) is 26.1 Å². The molecule has 13 nitrogen and oxygen atoms in total. The number of hydrogen-bond donors (Lipinski definition) is 2. The third-order valence-corrected chi connectivity index (χ3v) is 7.83. The Labute approximate surface area is 259 Å². The third kappa shape index (κ3) is 6.15. The molecule has 2 N–H and O–H groups in total. The molecule has 1 saturated heterocycles. The van der Waals surface area contributed by atoms with Crippen molar-refractivity contribution < 1.29 is 32.6 Å². The summed E-state index contributed by atoms with van der Waals surface area (Å²) in [6, 6.07) is 5.94. The highest BCUT2D eigenvalue weighted by Gasteiger charge is 2.31. The van der Waals surface area contributed by atoms with Crippen molar-refractivity contribution in [3.8, 4) is 5.75 Å². The second-order valence-corrected chi connectivity index (χ2v) is 10.9. The van der Waals surface area contributed by atoms with Gasteiger partial charge in [-0.3, -0.25) is 14.4 Å². The van der Waals surface area contributed by atoms with Crippen LogP contribution in [0.2, 0.25) is 0 Å². The summed E-state index contributed by atoms with van der Waals surface area (Å²) in [5.74, 6) is -0.799. The van der Waals surface area contributed by atoms with Gasteiger partial charge in [0.2, 0.25) is 11.7 Å². The molecule has 5 heterocycles. The molecule has 0 bridgehead atoms. The van der Waals surface area contributed by atoms with Gasteiger partial charge in [-0.2, -0.15) is 22.7 Å². The van der Waals surface area contributed by atoms with Crippen molar-refractivity contribution in [1.82, 2.24) is 29.0 Å². The maximum atomic E-state index is 13.7. The van der Waals surface area contributed by atoms with Crippen molar-refractivity contribution in [2.75, 3.05) is 49.6 Å². The van der Waals surface area contributed by atoms with Gasteiger partial charge < -0.3 is 29.5 Å². The number of nitrogens with one attached hydrogen (secondary N) is 1. The topological polar surface area (TPSA) is 147 Å². The van der Waals surface area contributed by atoms with Gasteiger partial charge in [0, 0.05) is 44.3 Å². The van der Waals surface area contributed by atoms with Gasteiger partial charge in [0.1, 0.15) is 18.0 Å². The molecule has 0 aliphatic carbocycles. The molecule has 2 amide bonds. The summed E-state index contributed by atoms with van der Waals surface area (Å²) in [7, 11) is 0. The number of pyridine rings is 1. The molecule has 0 unspecified atom stereocenters. The largest absolute Gasteiger partial charge is 0.505 e. The van der Waals surface area contributed by atoms with Gasteiger partial charge in [0.05, 0.1) is 18.8 Å². The van der Waals surface area contributed by atoms with Crippen LogP contribution in [-0.4, -0.2) is 85.4 Å². The lowest BCUT2D eigenvalue weighted by atomic mass is 10.1. The molecule has 46 heavy (non-hydrogen) atoms. The normalized spacial score (nSPS) is 15.6. The van der Waals surface area contributed by atoms with E-state index in [0.29, 0.717) is 25.5 Å². The van der Waals surface area contributed by atoms with Gasteiger partial charge in [-0.25, -0.2) is 4.98 Å². The van der Waals surface area contributed by atoms with E-state index in [2.05, 4.69) is 20.4 Å². The number of aromatic nitrogens is 5. The average Bonchev–Trinajstić information content (AvgIpc) is 3.50. The highest BCUT2D eigenvalue weighted by atomic mass is 19.4. The van der Waals surface area contributed by atoms with E-state index in [0.717, 1.165) is 22.2 Å². The first-order valence-electron chi connectivity index (χ1n) is 14.4. The Kier molecular flexibility index (Phi) is 8.20. The number of amides is 2. The van der Waals surface area contributed by atoms with Crippen LogP contribution in [0.4, 0.5) is 24.5 Å². The maximum absolute atomic E-state index is 13.7. The third-order valence-electron chi connectivity index (χ3n) is 7.83. The first-order chi connectivity index (χ1) is 22.0. The zero-order valence-electron chi connectivity index (χ0n) is 24.6. The molecular formula is C30H29F3N8O5. The number of ether oxygens (including phenoxy) is 1. The Morgan fingerprint density at radius 3 is 2.59 bits per heavy atom. The Morgan fingerprint density at radius 2 is 1.91 bits per heavy atom. The first kappa shape index (κ1) is 30.8. The van der Waals surface area contributed by atoms with E-state index >= 15 is 0 Å². The van der Waals surface area contributed by atoms with Crippen LogP contribution in [0.5, 0.6) is 5.75 Å². The van der Waals surface area contributed by atoms with Crippen LogP contribution in [0, 0.1) is 6.92 Å².